The highest BCUT2D eigenvalue weighted by molar-refractivity contribution is 7.11. The first-order valence-electron chi connectivity index (χ1n) is 4.88. The topological polar surface area (TPSA) is 17.1 Å². The monoisotopic (exact) mass is 206 g/mol. The van der Waals surface area contributed by atoms with Gasteiger partial charge in [0.15, 0.2) is 5.78 Å². The van der Waals surface area contributed by atoms with Gasteiger partial charge in [-0.2, -0.15) is 0 Å². The van der Waals surface area contributed by atoms with E-state index in [0.29, 0.717) is 12.2 Å². The van der Waals surface area contributed by atoms with Crippen molar-refractivity contribution in [1.82, 2.24) is 0 Å². The molecule has 0 saturated heterocycles. The van der Waals surface area contributed by atoms with Crippen LogP contribution in [0.1, 0.15) is 31.6 Å². The lowest BCUT2D eigenvalue weighted by Crippen LogP contribution is -2.18. The Morgan fingerprint density at radius 2 is 2.21 bits per heavy atom. The average molecular weight is 206 g/mol. The third-order valence-corrected chi connectivity index (χ3v) is 3.52. The van der Waals surface area contributed by atoms with Crippen LogP contribution in [0.5, 0.6) is 0 Å². The van der Waals surface area contributed by atoms with Crippen LogP contribution in [0.4, 0.5) is 0 Å². The van der Waals surface area contributed by atoms with E-state index in [2.05, 4.69) is 19.9 Å². The van der Waals surface area contributed by atoms with E-state index in [9.17, 15) is 4.79 Å². The molecule has 0 aromatic carbocycles. The molecule has 2 heteroatoms. The number of hydrogen-bond acceptors (Lipinski definition) is 2. The van der Waals surface area contributed by atoms with E-state index in [-0.39, 0.29) is 5.41 Å². The van der Waals surface area contributed by atoms with Crippen LogP contribution in [-0.4, -0.2) is 5.78 Å². The largest absolute Gasteiger partial charge is 0.294 e. The summed E-state index contributed by atoms with van der Waals surface area (Å²) in [5, 5.41) is 2.02. The molecule has 0 N–H and O–H groups in total. The maximum absolute atomic E-state index is 11.7. The van der Waals surface area contributed by atoms with Gasteiger partial charge in [0.1, 0.15) is 0 Å². The number of ketones is 1. The van der Waals surface area contributed by atoms with Crippen LogP contribution in [0, 0.1) is 5.41 Å². The number of Topliss-reactive ketones (excluding diaryl/α,β-unsaturated/α-hetero) is 1. The first-order chi connectivity index (χ1) is 6.58. The van der Waals surface area contributed by atoms with Gasteiger partial charge >= 0.3 is 0 Å². The van der Waals surface area contributed by atoms with Crippen LogP contribution < -0.4 is 0 Å². The van der Waals surface area contributed by atoms with Crippen molar-refractivity contribution in [2.75, 3.05) is 0 Å². The molecule has 1 nitrogen and oxygen atoms in total. The molecule has 1 aliphatic rings. The second-order valence-electron chi connectivity index (χ2n) is 4.45. The summed E-state index contributed by atoms with van der Waals surface area (Å²) in [6, 6.07) is 4.02. The Hall–Kier alpha value is -0.890. The number of thiophene rings is 1. The van der Waals surface area contributed by atoms with Crippen molar-refractivity contribution in [2.45, 2.75) is 26.7 Å². The standard InChI is InChI=1S/C12H14OS/c1-12(2)6-5-10(13)9(8-12)11-4-3-7-14-11/h3-4,7-8H,5-6H2,1-2H3. The maximum atomic E-state index is 11.7. The molecule has 0 bridgehead atoms. The minimum Gasteiger partial charge on any atom is -0.294 e. The molecule has 0 spiro atoms. The van der Waals surface area contributed by atoms with Gasteiger partial charge < -0.3 is 0 Å². The highest BCUT2D eigenvalue weighted by Gasteiger charge is 2.26. The highest BCUT2D eigenvalue weighted by Crippen LogP contribution is 2.36. The molecule has 1 aromatic heterocycles. The van der Waals surface area contributed by atoms with Crippen molar-refractivity contribution in [3.05, 3.63) is 28.5 Å². The van der Waals surface area contributed by atoms with Gasteiger partial charge in [-0.25, -0.2) is 0 Å². The molecule has 0 amide bonds. The van der Waals surface area contributed by atoms with Gasteiger partial charge in [-0.1, -0.05) is 26.0 Å². The summed E-state index contributed by atoms with van der Waals surface area (Å²) in [4.78, 5) is 12.8. The van der Waals surface area contributed by atoms with E-state index in [1.165, 1.54) is 0 Å². The Morgan fingerprint density at radius 1 is 1.43 bits per heavy atom. The van der Waals surface area contributed by atoms with Gasteiger partial charge in [-0.05, 0) is 23.3 Å². The van der Waals surface area contributed by atoms with Crippen LogP contribution in [-0.2, 0) is 4.79 Å². The first kappa shape index (κ1) is 9.66. The zero-order valence-corrected chi connectivity index (χ0v) is 9.36. The predicted octanol–water partition coefficient (Wildman–Crippen LogP) is 3.52. The second kappa shape index (κ2) is 3.35. The number of carbonyl (C=O) groups is 1. The fourth-order valence-electron chi connectivity index (χ4n) is 1.75. The van der Waals surface area contributed by atoms with Gasteiger partial charge in [-0.3, -0.25) is 4.79 Å². The Balaban J connectivity index is 2.42. The van der Waals surface area contributed by atoms with Crippen molar-refractivity contribution >= 4 is 22.7 Å². The SMILES string of the molecule is CC1(C)C=C(c2cccs2)C(=O)CC1. The van der Waals surface area contributed by atoms with E-state index in [1.807, 2.05) is 17.5 Å². The van der Waals surface area contributed by atoms with E-state index >= 15 is 0 Å². The van der Waals surface area contributed by atoms with Crippen molar-refractivity contribution in [3.8, 4) is 0 Å². The maximum Gasteiger partial charge on any atom is 0.164 e. The molecule has 0 unspecified atom stereocenters. The van der Waals surface area contributed by atoms with Gasteiger partial charge in [0, 0.05) is 16.9 Å². The molecule has 0 radical (unpaired) electrons. The smallest absolute Gasteiger partial charge is 0.164 e. The highest BCUT2D eigenvalue weighted by atomic mass is 32.1. The van der Waals surface area contributed by atoms with Gasteiger partial charge in [0.2, 0.25) is 0 Å². The predicted molar refractivity (Wildman–Crippen MR) is 60.3 cm³/mol. The fraction of sp³-hybridized carbons (Fsp3) is 0.417. The van der Waals surface area contributed by atoms with E-state index in [0.717, 1.165) is 16.9 Å². The molecule has 74 valence electrons. The molecule has 0 saturated carbocycles. The fourth-order valence-corrected chi connectivity index (χ4v) is 2.51. The normalized spacial score (nSPS) is 20.7. The summed E-state index contributed by atoms with van der Waals surface area (Å²) >= 11 is 1.64. The summed E-state index contributed by atoms with van der Waals surface area (Å²) in [7, 11) is 0. The Labute approximate surface area is 88.5 Å². The van der Waals surface area contributed by atoms with Crippen LogP contribution >= 0.6 is 11.3 Å². The van der Waals surface area contributed by atoms with E-state index < -0.39 is 0 Å². The summed E-state index contributed by atoms with van der Waals surface area (Å²) in [5.41, 5.74) is 1.10. The lowest BCUT2D eigenvalue weighted by atomic mass is 9.79. The zero-order chi connectivity index (χ0) is 10.2. The van der Waals surface area contributed by atoms with Crippen molar-refractivity contribution in [3.63, 3.8) is 0 Å². The number of carbonyl (C=O) groups excluding carboxylic acids is 1. The molecule has 0 aliphatic heterocycles. The summed E-state index contributed by atoms with van der Waals surface area (Å²) in [6.07, 6.45) is 3.79. The minimum absolute atomic E-state index is 0.174. The van der Waals surface area contributed by atoms with Crippen LogP contribution in [0.15, 0.2) is 23.6 Å². The van der Waals surface area contributed by atoms with Crippen molar-refractivity contribution in [2.24, 2.45) is 5.41 Å². The molecule has 1 heterocycles. The van der Waals surface area contributed by atoms with Crippen molar-refractivity contribution in [1.29, 1.82) is 0 Å². The molecule has 1 aliphatic carbocycles. The third-order valence-electron chi connectivity index (χ3n) is 2.62. The first-order valence-corrected chi connectivity index (χ1v) is 5.76. The number of rotatable bonds is 1. The Bertz CT molecular complexity index is 371. The Morgan fingerprint density at radius 3 is 2.86 bits per heavy atom. The lowest BCUT2D eigenvalue weighted by molar-refractivity contribution is -0.114. The van der Waals surface area contributed by atoms with Crippen molar-refractivity contribution < 1.29 is 4.79 Å². The second-order valence-corrected chi connectivity index (χ2v) is 5.39. The third kappa shape index (κ3) is 1.80. The average Bonchev–Trinajstić information content (AvgIpc) is 2.62. The molecule has 14 heavy (non-hydrogen) atoms. The Kier molecular flexibility index (Phi) is 2.31. The van der Waals surface area contributed by atoms with Crippen LogP contribution in [0.2, 0.25) is 0 Å². The van der Waals surface area contributed by atoms with Gasteiger partial charge in [-0.15, -0.1) is 11.3 Å². The minimum atomic E-state index is 0.174. The van der Waals surface area contributed by atoms with Gasteiger partial charge in [0.05, 0.1) is 0 Å². The molecule has 0 atom stereocenters. The van der Waals surface area contributed by atoms with E-state index in [4.69, 9.17) is 0 Å². The number of allylic oxidation sites excluding steroid dienone is 2. The summed E-state index contributed by atoms with van der Waals surface area (Å²) in [6.45, 7) is 4.38. The van der Waals surface area contributed by atoms with Gasteiger partial charge in [0.25, 0.3) is 0 Å². The molecule has 2 rings (SSSR count). The summed E-state index contributed by atoms with van der Waals surface area (Å²) < 4.78 is 0. The number of hydrogen-bond donors (Lipinski definition) is 0. The lowest BCUT2D eigenvalue weighted by Gasteiger charge is -2.26. The molecule has 0 fully saturated rings. The quantitative estimate of drug-likeness (QED) is 0.687. The zero-order valence-electron chi connectivity index (χ0n) is 8.54. The molecular formula is C12H14OS. The molecular weight excluding hydrogens is 192 g/mol. The van der Waals surface area contributed by atoms with E-state index in [1.54, 1.807) is 11.3 Å². The summed E-state index contributed by atoms with van der Waals surface area (Å²) in [5.74, 6) is 0.298. The van der Waals surface area contributed by atoms with Crippen LogP contribution in [0.3, 0.4) is 0 Å². The molecule has 1 aromatic rings. The van der Waals surface area contributed by atoms with Crippen LogP contribution in [0.25, 0.3) is 5.57 Å².